The fourth-order valence-electron chi connectivity index (χ4n) is 3.28. The molecule has 1 N–H and O–H groups in total. The molecule has 1 aliphatic carbocycles. The summed E-state index contributed by atoms with van der Waals surface area (Å²) in [6, 6.07) is 8.08. The van der Waals surface area contributed by atoms with Gasteiger partial charge in [0.1, 0.15) is 12.4 Å². The summed E-state index contributed by atoms with van der Waals surface area (Å²) >= 11 is 0. The molecule has 122 valence electrons. The first-order chi connectivity index (χ1) is 11.3. The predicted octanol–water partition coefficient (Wildman–Crippen LogP) is 2.70. The molecule has 5 nitrogen and oxygen atoms in total. The molecule has 2 fully saturated rings. The zero-order valence-corrected chi connectivity index (χ0v) is 13.3. The van der Waals surface area contributed by atoms with Gasteiger partial charge in [0, 0.05) is 19.0 Å². The summed E-state index contributed by atoms with van der Waals surface area (Å²) in [5.41, 5.74) is 2.07. The summed E-state index contributed by atoms with van der Waals surface area (Å²) < 4.78 is 5.55. The lowest BCUT2D eigenvalue weighted by Crippen LogP contribution is -2.41. The molecule has 0 radical (unpaired) electrons. The number of nitrogens with zero attached hydrogens (tertiary/aromatic N) is 2. The number of benzene rings is 1. The van der Waals surface area contributed by atoms with E-state index in [0.29, 0.717) is 11.8 Å². The molecule has 2 heterocycles. The standard InChI is InChI=1S/C18H23N3O2/c22-17(12-23-11-13-7-8-13)21-9-3-4-14(10-21)18-19-15-5-1-2-6-16(15)20-18/h1-2,5-6,13-14H,3-4,7-12H2,(H,19,20). The van der Waals surface area contributed by atoms with E-state index in [1.807, 2.05) is 29.2 Å². The molecule has 1 amide bonds. The summed E-state index contributed by atoms with van der Waals surface area (Å²) in [6.07, 6.45) is 4.61. The van der Waals surface area contributed by atoms with Crippen LogP contribution in [-0.2, 0) is 9.53 Å². The van der Waals surface area contributed by atoms with Crippen molar-refractivity contribution in [3.8, 4) is 0 Å². The van der Waals surface area contributed by atoms with Crippen LogP contribution in [0.4, 0.5) is 0 Å². The maximum atomic E-state index is 12.3. The number of rotatable bonds is 5. The molecule has 0 spiro atoms. The maximum absolute atomic E-state index is 12.3. The van der Waals surface area contributed by atoms with Crippen LogP contribution in [0, 0.1) is 5.92 Å². The van der Waals surface area contributed by atoms with Crippen LogP contribution in [0.5, 0.6) is 0 Å². The van der Waals surface area contributed by atoms with Crippen LogP contribution in [-0.4, -0.2) is 47.1 Å². The molecule has 1 atom stereocenters. The van der Waals surface area contributed by atoms with Gasteiger partial charge >= 0.3 is 0 Å². The van der Waals surface area contributed by atoms with Gasteiger partial charge in [0.25, 0.3) is 0 Å². The van der Waals surface area contributed by atoms with E-state index in [0.717, 1.165) is 49.4 Å². The number of aromatic nitrogens is 2. The van der Waals surface area contributed by atoms with Crippen LogP contribution >= 0.6 is 0 Å². The minimum absolute atomic E-state index is 0.117. The Kier molecular flexibility index (Phi) is 4.04. The average molecular weight is 313 g/mol. The monoisotopic (exact) mass is 313 g/mol. The third kappa shape index (κ3) is 3.39. The van der Waals surface area contributed by atoms with Gasteiger partial charge in [0.05, 0.1) is 17.6 Å². The lowest BCUT2D eigenvalue weighted by atomic mass is 9.97. The van der Waals surface area contributed by atoms with E-state index in [2.05, 4.69) is 4.98 Å². The Hall–Kier alpha value is -1.88. The number of amides is 1. The van der Waals surface area contributed by atoms with Gasteiger partial charge in [0.15, 0.2) is 0 Å². The van der Waals surface area contributed by atoms with Gasteiger partial charge in [0.2, 0.25) is 5.91 Å². The van der Waals surface area contributed by atoms with Gasteiger partial charge in [-0.25, -0.2) is 4.98 Å². The number of ether oxygens (including phenoxy) is 1. The minimum Gasteiger partial charge on any atom is -0.371 e. The second kappa shape index (κ2) is 6.32. The van der Waals surface area contributed by atoms with Gasteiger partial charge in [-0.3, -0.25) is 4.79 Å². The van der Waals surface area contributed by atoms with Gasteiger partial charge < -0.3 is 14.6 Å². The molecule has 1 unspecified atom stereocenters. The van der Waals surface area contributed by atoms with Crippen LogP contribution in [0.1, 0.15) is 37.4 Å². The third-order valence-corrected chi connectivity index (χ3v) is 4.84. The first kappa shape index (κ1) is 14.7. The van der Waals surface area contributed by atoms with Crippen molar-refractivity contribution in [3.63, 3.8) is 0 Å². The molecular formula is C18H23N3O2. The van der Waals surface area contributed by atoms with Crippen molar-refractivity contribution in [2.75, 3.05) is 26.3 Å². The normalized spacial score (nSPS) is 21.7. The Labute approximate surface area is 136 Å². The molecule has 5 heteroatoms. The van der Waals surface area contributed by atoms with Crippen LogP contribution < -0.4 is 0 Å². The van der Waals surface area contributed by atoms with Crippen molar-refractivity contribution >= 4 is 16.9 Å². The van der Waals surface area contributed by atoms with E-state index in [-0.39, 0.29) is 12.5 Å². The summed E-state index contributed by atoms with van der Waals surface area (Å²) in [6.45, 7) is 2.55. The van der Waals surface area contributed by atoms with Crippen LogP contribution in [0.3, 0.4) is 0 Å². The molecule has 23 heavy (non-hydrogen) atoms. The second-order valence-corrected chi connectivity index (χ2v) is 6.78. The highest BCUT2D eigenvalue weighted by Gasteiger charge is 2.27. The van der Waals surface area contributed by atoms with E-state index < -0.39 is 0 Å². The van der Waals surface area contributed by atoms with E-state index in [9.17, 15) is 4.79 Å². The zero-order chi connectivity index (χ0) is 15.6. The van der Waals surface area contributed by atoms with Crippen molar-refractivity contribution < 1.29 is 9.53 Å². The number of aromatic amines is 1. The van der Waals surface area contributed by atoms with E-state index in [1.165, 1.54) is 12.8 Å². The van der Waals surface area contributed by atoms with E-state index >= 15 is 0 Å². The highest BCUT2D eigenvalue weighted by molar-refractivity contribution is 5.78. The lowest BCUT2D eigenvalue weighted by Gasteiger charge is -2.31. The van der Waals surface area contributed by atoms with Gasteiger partial charge in [-0.2, -0.15) is 0 Å². The van der Waals surface area contributed by atoms with Crippen LogP contribution in [0.2, 0.25) is 0 Å². The molecule has 2 aliphatic rings. The summed E-state index contributed by atoms with van der Waals surface area (Å²) in [4.78, 5) is 22.4. The Bertz CT molecular complexity index is 659. The minimum atomic E-state index is 0.117. The van der Waals surface area contributed by atoms with Crippen molar-refractivity contribution in [1.82, 2.24) is 14.9 Å². The Balaban J connectivity index is 1.38. The van der Waals surface area contributed by atoms with Gasteiger partial charge in [-0.1, -0.05) is 12.1 Å². The van der Waals surface area contributed by atoms with Gasteiger partial charge in [-0.05, 0) is 43.7 Å². The smallest absolute Gasteiger partial charge is 0.248 e. The number of nitrogens with one attached hydrogen (secondary N) is 1. The Morgan fingerprint density at radius 3 is 3.00 bits per heavy atom. The largest absolute Gasteiger partial charge is 0.371 e. The number of imidazole rings is 1. The summed E-state index contributed by atoms with van der Waals surface area (Å²) in [5.74, 6) is 2.12. The number of piperidine rings is 1. The number of carbonyl (C=O) groups excluding carboxylic acids is 1. The molecule has 4 rings (SSSR count). The number of fused-ring (bicyclic) bond motifs is 1. The number of hydrogen-bond acceptors (Lipinski definition) is 3. The second-order valence-electron chi connectivity index (χ2n) is 6.78. The Morgan fingerprint density at radius 2 is 2.17 bits per heavy atom. The molecule has 1 aromatic carbocycles. The molecule has 0 bridgehead atoms. The lowest BCUT2D eigenvalue weighted by molar-refractivity contribution is -0.137. The van der Waals surface area contributed by atoms with Crippen LogP contribution in [0.25, 0.3) is 11.0 Å². The summed E-state index contributed by atoms with van der Waals surface area (Å²) in [7, 11) is 0. The number of H-pyrrole nitrogens is 1. The van der Waals surface area contributed by atoms with Crippen molar-refractivity contribution in [2.45, 2.75) is 31.6 Å². The maximum Gasteiger partial charge on any atom is 0.248 e. The topological polar surface area (TPSA) is 58.2 Å². The van der Waals surface area contributed by atoms with Crippen molar-refractivity contribution in [2.24, 2.45) is 5.92 Å². The number of carbonyl (C=O) groups is 1. The third-order valence-electron chi connectivity index (χ3n) is 4.84. The fraction of sp³-hybridized carbons (Fsp3) is 0.556. The quantitative estimate of drug-likeness (QED) is 0.923. The first-order valence-corrected chi connectivity index (χ1v) is 8.60. The van der Waals surface area contributed by atoms with Crippen molar-refractivity contribution in [1.29, 1.82) is 0 Å². The molecule has 1 aliphatic heterocycles. The number of hydrogen-bond donors (Lipinski definition) is 1. The van der Waals surface area contributed by atoms with Crippen molar-refractivity contribution in [3.05, 3.63) is 30.1 Å². The van der Waals surface area contributed by atoms with Crippen LogP contribution in [0.15, 0.2) is 24.3 Å². The molecule has 2 aromatic rings. The zero-order valence-electron chi connectivity index (χ0n) is 13.3. The number of likely N-dealkylation sites (tertiary alicyclic amines) is 1. The highest BCUT2D eigenvalue weighted by Crippen LogP contribution is 2.29. The van der Waals surface area contributed by atoms with E-state index in [4.69, 9.17) is 9.72 Å². The summed E-state index contributed by atoms with van der Waals surface area (Å²) in [5, 5.41) is 0. The fourth-order valence-corrected chi connectivity index (χ4v) is 3.28. The van der Waals surface area contributed by atoms with E-state index in [1.54, 1.807) is 0 Å². The SMILES string of the molecule is O=C(COCC1CC1)N1CCCC(c2nc3ccccc3[nH]2)C1. The first-order valence-electron chi connectivity index (χ1n) is 8.60. The Morgan fingerprint density at radius 1 is 1.30 bits per heavy atom. The highest BCUT2D eigenvalue weighted by atomic mass is 16.5. The van der Waals surface area contributed by atoms with Gasteiger partial charge in [-0.15, -0.1) is 0 Å². The number of para-hydroxylation sites is 2. The molecular weight excluding hydrogens is 290 g/mol. The molecule has 1 saturated carbocycles. The predicted molar refractivity (Wildman–Crippen MR) is 88.2 cm³/mol. The molecule has 1 aromatic heterocycles. The molecule has 1 saturated heterocycles. The average Bonchev–Trinajstić information content (AvgIpc) is 3.30.